The quantitative estimate of drug-likeness (QED) is 0.438. The van der Waals surface area contributed by atoms with Crippen LogP contribution in [-0.4, -0.2) is 38.9 Å². The fraction of sp³-hybridized carbons (Fsp3) is 0.250. The van der Waals surface area contributed by atoms with E-state index in [1.807, 2.05) is 49.4 Å². The maximum Gasteiger partial charge on any atom is 0.320 e. The van der Waals surface area contributed by atoms with E-state index in [0.29, 0.717) is 12.4 Å². The molecule has 0 radical (unpaired) electrons. The van der Waals surface area contributed by atoms with E-state index in [2.05, 4.69) is 30.8 Å². The number of hydrogen-bond donors (Lipinski definition) is 3. The Hall–Kier alpha value is -3.78. The Bertz CT molecular complexity index is 1230. The Labute approximate surface area is 185 Å². The number of carbonyl (C=O) groups is 1. The molecule has 3 aromatic heterocycles. The number of H-pyrrole nitrogens is 1. The highest BCUT2D eigenvalue weighted by molar-refractivity contribution is 5.95. The van der Waals surface area contributed by atoms with Crippen LogP contribution >= 0.6 is 0 Å². The number of benzene rings is 1. The van der Waals surface area contributed by atoms with Crippen molar-refractivity contribution in [1.82, 2.24) is 25.5 Å². The first-order valence-corrected chi connectivity index (χ1v) is 10.7. The van der Waals surface area contributed by atoms with Gasteiger partial charge in [-0.3, -0.25) is 15.4 Å². The van der Waals surface area contributed by atoms with E-state index in [4.69, 9.17) is 4.74 Å². The van der Waals surface area contributed by atoms with Crippen LogP contribution in [0.5, 0.6) is 0 Å². The number of urea groups is 1. The minimum atomic E-state index is -0.328. The van der Waals surface area contributed by atoms with Gasteiger partial charge in [-0.2, -0.15) is 5.10 Å². The van der Waals surface area contributed by atoms with Crippen molar-refractivity contribution in [2.24, 2.45) is 0 Å². The Morgan fingerprint density at radius 1 is 1.19 bits per heavy atom. The van der Waals surface area contributed by atoms with Crippen LogP contribution in [0, 0.1) is 6.92 Å². The van der Waals surface area contributed by atoms with Crippen molar-refractivity contribution in [3.05, 3.63) is 72.2 Å². The van der Waals surface area contributed by atoms with Gasteiger partial charge in [-0.25, -0.2) is 9.78 Å². The number of hydrogen-bond acceptors (Lipinski definition) is 5. The molecule has 2 amide bonds. The maximum absolute atomic E-state index is 12.8. The van der Waals surface area contributed by atoms with E-state index in [9.17, 15) is 4.79 Å². The Morgan fingerprint density at radius 3 is 2.84 bits per heavy atom. The molecule has 1 aliphatic rings. The average molecular weight is 428 g/mol. The van der Waals surface area contributed by atoms with Gasteiger partial charge in [0.05, 0.1) is 17.7 Å². The Morgan fingerprint density at radius 2 is 2.06 bits per heavy atom. The molecule has 0 aliphatic carbocycles. The normalized spacial score (nSPS) is 16.7. The summed E-state index contributed by atoms with van der Waals surface area (Å²) in [7, 11) is 0. The fourth-order valence-corrected chi connectivity index (χ4v) is 4.10. The van der Waals surface area contributed by atoms with E-state index in [0.717, 1.165) is 46.3 Å². The summed E-state index contributed by atoms with van der Waals surface area (Å²) >= 11 is 0. The maximum atomic E-state index is 12.8. The first-order valence-electron chi connectivity index (χ1n) is 10.7. The summed E-state index contributed by atoms with van der Waals surface area (Å²) in [6.07, 6.45) is 5.34. The predicted molar refractivity (Wildman–Crippen MR) is 122 cm³/mol. The molecule has 8 nitrogen and oxygen atoms in total. The largest absolute Gasteiger partial charge is 0.376 e. The number of rotatable bonds is 5. The third-order valence-electron chi connectivity index (χ3n) is 5.64. The summed E-state index contributed by atoms with van der Waals surface area (Å²) in [6, 6.07) is 15.0. The second kappa shape index (κ2) is 8.76. The van der Waals surface area contributed by atoms with Gasteiger partial charge in [0.1, 0.15) is 11.5 Å². The number of nitrogens with one attached hydrogen (secondary N) is 3. The van der Waals surface area contributed by atoms with Gasteiger partial charge in [0.2, 0.25) is 0 Å². The van der Waals surface area contributed by atoms with E-state index in [1.54, 1.807) is 18.5 Å². The van der Waals surface area contributed by atoms with Crippen molar-refractivity contribution in [2.75, 3.05) is 11.9 Å². The minimum Gasteiger partial charge on any atom is -0.376 e. The lowest BCUT2D eigenvalue weighted by Gasteiger charge is -2.24. The first kappa shape index (κ1) is 20.1. The standard InChI is InChI=1S/C24H24N6O2/c1-15-12-17(9-10-25-15)22-18-14-26-21(13-19(18)29-30-22)27-24(31)28-23(20-8-5-11-32-20)16-6-3-2-4-7-16/h2-4,6-7,9-10,12-14,20,23H,5,8,11H2,1H3,(H,29,30)(H2,26,27,28,31)/t20-,23+/m0/s1. The predicted octanol–water partition coefficient (Wildman–Crippen LogP) is 4.37. The van der Waals surface area contributed by atoms with Gasteiger partial charge in [0, 0.05) is 41.7 Å². The lowest BCUT2D eigenvalue weighted by molar-refractivity contribution is 0.0815. The summed E-state index contributed by atoms with van der Waals surface area (Å²) in [5.74, 6) is 0.440. The second-order valence-corrected chi connectivity index (χ2v) is 7.91. The van der Waals surface area contributed by atoms with Crippen LogP contribution in [0.4, 0.5) is 10.6 Å². The van der Waals surface area contributed by atoms with Gasteiger partial charge < -0.3 is 10.1 Å². The zero-order chi connectivity index (χ0) is 21.9. The summed E-state index contributed by atoms with van der Waals surface area (Å²) in [6.45, 7) is 2.66. The van der Waals surface area contributed by atoms with Crippen molar-refractivity contribution in [3.63, 3.8) is 0 Å². The van der Waals surface area contributed by atoms with Crippen LogP contribution in [0.25, 0.3) is 22.2 Å². The number of carbonyl (C=O) groups excluding carboxylic acids is 1. The number of pyridine rings is 2. The monoisotopic (exact) mass is 428 g/mol. The third kappa shape index (κ3) is 4.17. The highest BCUT2D eigenvalue weighted by atomic mass is 16.5. The molecule has 0 spiro atoms. The minimum absolute atomic E-state index is 0.0439. The average Bonchev–Trinajstić information content (AvgIpc) is 3.48. The number of aryl methyl sites for hydroxylation is 1. The molecular formula is C24H24N6O2. The fourth-order valence-electron chi connectivity index (χ4n) is 4.10. The number of nitrogens with zero attached hydrogens (tertiary/aromatic N) is 3. The van der Waals surface area contributed by atoms with Crippen molar-refractivity contribution in [1.29, 1.82) is 0 Å². The highest BCUT2D eigenvalue weighted by Crippen LogP contribution is 2.28. The molecule has 4 aromatic rings. The van der Waals surface area contributed by atoms with E-state index >= 15 is 0 Å². The molecule has 8 heteroatoms. The molecule has 1 aromatic carbocycles. The summed E-state index contributed by atoms with van der Waals surface area (Å²) < 4.78 is 5.86. The van der Waals surface area contributed by atoms with E-state index < -0.39 is 0 Å². The van der Waals surface area contributed by atoms with Gasteiger partial charge >= 0.3 is 6.03 Å². The molecular weight excluding hydrogens is 404 g/mol. The zero-order valence-electron chi connectivity index (χ0n) is 17.7. The molecule has 1 saturated heterocycles. The molecule has 0 saturated carbocycles. The van der Waals surface area contributed by atoms with Crippen LogP contribution in [0.15, 0.2) is 60.9 Å². The second-order valence-electron chi connectivity index (χ2n) is 7.91. The van der Waals surface area contributed by atoms with Gasteiger partial charge in [-0.15, -0.1) is 0 Å². The van der Waals surface area contributed by atoms with Gasteiger partial charge in [-0.05, 0) is 37.5 Å². The van der Waals surface area contributed by atoms with Crippen molar-refractivity contribution < 1.29 is 9.53 Å². The lowest BCUT2D eigenvalue weighted by Crippen LogP contribution is -2.38. The Kier molecular flexibility index (Phi) is 5.51. The topological polar surface area (TPSA) is 105 Å². The molecule has 1 fully saturated rings. The molecule has 32 heavy (non-hydrogen) atoms. The lowest BCUT2D eigenvalue weighted by atomic mass is 9.99. The molecule has 3 N–H and O–H groups in total. The van der Waals surface area contributed by atoms with Crippen LogP contribution in [-0.2, 0) is 4.74 Å². The molecule has 4 heterocycles. The highest BCUT2D eigenvalue weighted by Gasteiger charge is 2.28. The van der Waals surface area contributed by atoms with Crippen molar-refractivity contribution in [2.45, 2.75) is 31.9 Å². The first-order chi connectivity index (χ1) is 15.7. The van der Waals surface area contributed by atoms with Crippen molar-refractivity contribution in [3.8, 4) is 11.3 Å². The third-order valence-corrected chi connectivity index (χ3v) is 5.64. The van der Waals surface area contributed by atoms with Crippen LogP contribution in [0.2, 0.25) is 0 Å². The molecule has 5 rings (SSSR count). The van der Waals surface area contributed by atoms with Gasteiger partial charge in [-0.1, -0.05) is 30.3 Å². The van der Waals surface area contributed by atoms with E-state index in [-0.39, 0.29) is 18.2 Å². The van der Waals surface area contributed by atoms with Crippen LogP contribution in [0.1, 0.15) is 30.1 Å². The SMILES string of the molecule is Cc1cc(-c2n[nH]c3cc(NC(=O)N[C@H](c4ccccc4)[C@@H]4CCCO4)ncc23)ccn1. The van der Waals surface area contributed by atoms with Crippen LogP contribution in [0.3, 0.4) is 0 Å². The number of ether oxygens (including phenoxy) is 1. The molecule has 0 bridgehead atoms. The number of fused-ring (bicyclic) bond motifs is 1. The zero-order valence-corrected chi connectivity index (χ0v) is 17.7. The molecule has 1 aliphatic heterocycles. The number of anilines is 1. The summed E-state index contributed by atoms with van der Waals surface area (Å²) in [5.41, 5.74) is 4.49. The summed E-state index contributed by atoms with van der Waals surface area (Å²) in [4.78, 5) is 21.5. The number of aromatic amines is 1. The summed E-state index contributed by atoms with van der Waals surface area (Å²) in [5, 5.41) is 14.2. The molecule has 2 atom stereocenters. The van der Waals surface area contributed by atoms with Crippen molar-refractivity contribution >= 4 is 22.8 Å². The van der Waals surface area contributed by atoms with Gasteiger partial charge in [0.25, 0.3) is 0 Å². The molecule has 0 unspecified atom stereocenters. The smallest absolute Gasteiger partial charge is 0.320 e. The molecule has 162 valence electrons. The van der Waals surface area contributed by atoms with E-state index in [1.165, 1.54) is 0 Å². The van der Waals surface area contributed by atoms with Crippen LogP contribution < -0.4 is 10.6 Å². The Balaban J connectivity index is 1.34. The van der Waals surface area contributed by atoms with Gasteiger partial charge in [0.15, 0.2) is 0 Å². The number of amides is 2. The number of aromatic nitrogens is 4.